The van der Waals surface area contributed by atoms with E-state index in [1.165, 1.54) is 22.6 Å². The van der Waals surface area contributed by atoms with Crippen LogP contribution in [0.15, 0.2) is 11.7 Å². The van der Waals surface area contributed by atoms with Gasteiger partial charge in [0.15, 0.2) is 11.5 Å². The highest BCUT2D eigenvalue weighted by Gasteiger charge is 2.38. The van der Waals surface area contributed by atoms with Gasteiger partial charge in [-0.2, -0.15) is 0 Å². The molecule has 0 radical (unpaired) electrons. The zero-order valence-electron chi connectivity index (χ0n) is 11.9. The Morgan fingerprint density at radius 2 is 2.22 bits per heavy atom. The summed E-state index contributed by atoms with van der Waals surface area (Å²) >= 11 is 1.20. The molecule has 0 unspecified atom stereocenters. The highest BCUT2D eigenvalue weighted by molar-refractivity contribution is 7.12. The first-order chi connectivity index (χ1) is 11.1. The van der Waals surface area contributed by atoms with Crippen molar-refractivity contribution >= 4 is 23.2 Å². The fourth-order valence-electron chi connectivity index (χ4n) is 2.81. The first-order valence-corrected chi connectivity index (χ1v) is 7.95. The van der Waals surface area contributed by atoms with E-state index in [1.54, 1.807) is 5.38 Å². The van der Waals surface area contributed by atoms with Crippen LogP contribution in [0.2, 0.25) is 0 Å². The predicted molar refractivity (Wildman–Crippen MR) is 78.9 cm³/mol. The maximum absolute atomic E-state index is 12.9. The summed E-state index contributed by atoms with van der Waals surface area (Å²) in [5.74, 6) is -0.467. The number of carbonyl (C=O) groups is 2. The van der Waals surface area contributed by atoms with E-state index in [2.05, 4.69) is 9.97 Å². The minimum absolute atomic E-state index is 0.179. The Morgan fingerprint density at radius 1 is 1.39 bits per heavy atom. The van der Waals surface area contributed by atoms with E-state index in [9.17, 15) is 14.7 Å². The largest absolute Gasteiger partial charge is 0.485 e. The molecule has 0 fully saturated rings. The number of H-pyrrole nitrogens is 1. The molecule has 2 aliphatic heterocycles. The van der Waals surface area contributed by atoms with Gasteiger partial charge in [-0.1, -0.05) is 0 Å². The lowest BCUT2D eigenvalue weighted by atomic mass is 10.0. The SMILES string of the molecule is O=C(O)[C@H]1Cc2nc[nH]c2CN1C(=O)c1scc2c1OCCO2. The summed E-state index contributed by atoms with van der Waals surface area (Å²) < 4.78 is 11.0. The number of aliphatic carboxylic acids is 1. The summed E-state index contributed by atoms with van der Waals surface area (Å²) in [5.41, 5.74) is 1.45. The fourth-order valence-corrected chi connectivity index (χ4v) is 3.70. The number of carboxylic acid groups (broad SMARTS) is 1. The number of aromatic nitrogens is 2. The van der Waals surface area contributed by atoms with E-state index in [4.69, 9.17) is 9.47 Å². The van der Waals surface area contributed by atoms with E-state index in [-0.39, 0.29) is 18.9 Å². The average molecular weight is 335 g/mol. The van der Waals surface area contributed by atoms with Gasteiger partial charge in [0.2, 0.25) is 0 Å². The van der Waals surface area contributed by atoms with Crippen LogP contribution in [0.5, 0.6) is 11.5 Å². The van der Waals surface area contributed by atoms with Crippen LogP contribution in [0.4, 0.5) is 0 Å². The van der Waals surface area contributed by atoms with Crippen molar-refractivity contribution in [2.45, 2.75) is 19.0 Å². The second-order valence-corrected chi connectivity index (χ2v) is 6.15. The second kappa shape index (κ2) is 5.27. The van der Waals surface area contributed by atoms with Crippen molar-refractivity contribution < 1.29 is 24.2 Å². The van der Waals surface area contributed by atoms with Gasteiger partial charge < -0.3 is 24.5 Å². The monoisotopic (exact) mass is 335 g/mol. The lowest BCUT2D eigenvalue weighted by Gasteiger charge is -2.32. The van der Waals surface area contributed by atoms with Crippen molar-refractivity contribution in [2.75, 3.05) is 13.2 Å². The first kappa shape index (κ1) is 14.1. The maximum Gasteiger partial charge on any atom is 0.326 e. The van der Waals surface area contributed by atoms with Gasteiger partial charge in [0.1, 0.15) is 24.1 Å². The number of thiophene rings is 1. The van der Waals surface area contributed by atoms with Gasteiger partial charge in [0.05, 0.1) is 24.3 Å². The Hall–Kier alpha value is -2.55. The van der Waals surface area contributed by atoms with E-state index >= 15 is 0 Å². The van der Waals surface area contributed by atoms with Gasteiger partial charge in [-0.3, -0.25) is 4.79 Å². The summed E-state index contributed by atoms with van der Waals surface area (Å²) in [7, 11) is 0. The molecular weight excluding hydrogens is 322 g/mol. The maximum atomic E-state index is 12.9. The number of nitrogens with zero attached hydrogens (tertiary/aromatic N) is 2. The molecule has 4 rings (SSSR count). The third-order valence-electron chi connectivity index (χ3n) is 3.94. The lowest BCUT2D eigenvalue weighted by molar-refractivity contribution is -0.142. The number of rotatable bonds is 2. The van der Waals surface area contributed by atoms with E-state index in [0.717, 1.165) is 5.69 Å². The quantitative estimate of drug-likeness (QED) is 0.845. The Morgan fingerprint density at radius 3 is 3.04 bits per heavy atom. The molecule has 0 bridgehead atoms. The Kier molecular flexibility index (Phi) is 3.22. The van der Waals surface area contributed by atoms with Crippen LogP contribution in [0.1, 0.15) is 21.1 Å². The highest BCUT2D eigenvalue weighted by atomic mass is 32.1. The number of imidazole rings is 1. The second-order valence-electron chi connectivity index (χ2n) is 5.27. The molecule has 2 N–H and O–H groups in total. The smallest absolute Gasteiger partial charge is 0.326 e. The molecular formula is C14H13N3O5S. The zero-order valence-corrected chi connectivity index (χ0v) is 12.8. The Balaban J connectivity index is 1.69. The molecule has 2 aromatic heterocycles. The minimum Gasteiger partial charge on any atom is -0.485 e. The standard InChI is InChI=1S/C14H13N3O5S/c18-13(12-11-10(5-23-12)21-1-2-22-11)17-4-8-7(15-6-16-8)3-9(17)14(19)20/h5-6,9H,1-4H2,(H,15,16)(H,19,20)/t9-/m1/s1. The molecule has 23 heavy (non-hydrogen) atoms. The molecule has 2 aliphatic rings. The van der Waals surface area contributed by atoms with Crippen molar-refractivity contribution in [1.82, 2.24) is 14.9 Å². The Labute approximate surface area is 134 Å². The summed E-state index contributed by atoms with van der Waals surface area (Å²) in [5, 5.41) is 11.2. The highest BCUT2D eigenvalue weighted by Crippen LogP contribution is 2.40. The minimum atomic E-state index is -1.05. The molecule has 120 valence electrons. The fraction of sp³-hybridized carbons (Fsp3) is 0.357. The number of ether oxygens (including phenoxy) is 2. The first-order valence-electron chi connectivity index (χ1n) is 7.07. The lowest BCUT2D eigenvalue weighted by Crippen LogP contribution is -2.48. The number of hydrogen-bond donors (Lipinski definition) is 2. The van der Waals surface area contributed by atoms with Crippen molar-refractivity contribution in [3.8, 4) is 11.5 Å². The summed E-state index contributed by atoms with van der Waals surface area (Å²) in [6.45, 7) is 0.992. The van der Waals surface area contributed by atoms with Crippen molar-refractivity contribution in [2.24, 2.45) is 0 Å². The van der Waals surface area contributed by atoms with Crippen molar-refractivity contribution in [3.05, 3.63) is 28.0 Å². The van der Waals surface area contributed by atoms with Gasteiger partial charge >= 0.3 is 5.97 Å². The molecule has 0 saturated carbocycles. The summed E-state index contributed by atoms with van der Waals surface area (Å²) in [6, 6.07) is -0.944. The van der Waals surface area contributed by atoms with Gasteiger partial charge in [-0.15, -0.1) is 11.3 Å². The molecule has 0 spiro atoms. The number of fused-ring (bicyclic) bond motifs is 2. The molecule has 2 aromatic rings. The molecule has 0 aromatic carbocycles. The molecule has 1 atom stereocenters. The summed E-state index contributed by atoms with van der Waals surface area (Å²) in [4.78, 5) is 33.2. The van der Waals surface area contributed by atoms with Gasteiger partial charge in [0, 0.05) is 11.8 Å². The van der Waals surface area contributed by atoms with E-state index < -0.39 is 12.0 Å². The van der Waals surface area contributed by atoms with Crippen LogP contribution in [-0.4, -0.2) is 51.1 Å². The predicted octanol–water partition coefficient (Wildman–Crippen LogP) is 0.894. The van der Waals surface area contributed by atoms with Gasteiger partial charge in [0.25, 0.3) is 5.91 Å². The van der Waals surface area contributed by atoms with E-state index in [1.807, 2.05) is 0 Å². The average Bonchev–Trinajstić information content (AvgIpc) is 3.19. The van der Waals surface area contributed by atoms with Crippen LogP contribution in [0.25, 0.3) is 0 Å². The number of hydrogen-bond acceptors (Lipinski definition) is 6. The number of nitrogens with one attached hydrogen (secondary N) is 1. The number of carbonyl (C=O) groups excluding carboxylic acids is 1. The van der Waals surface area contributed by atoms with E-state index in [0.29, 0.717) is 35.3 Å². The van der Waals surface area contributed by atoms with Crippen molar-refractivity contribution in [3.63, 3.8) is 0 Å². The molecule has 1 amide bonds. The molecule has 0 saturated heterocycles. The number of aromatic amines is 1. The van der Waals surface area contributed by atoms with Crippen LogP contribution in [0.3, 0.4) is 0 Å². The normalized spacial score (nSPS) is 19.3. The topological polar surface area (TPSA) is 105 Å². The van der Waals surface area contributed by atoms with Crippen LogP contribution >= 0.6 is 11.3 Å². The molecule has 8 nitrogen and oxygen atoms in total. The van der Waals surface area contributed by atoms with Crippen LogP contribution in [-0.2, 0) is 17.8 Å². The van der Waals surface area contributed by atoms with Crippen LogP contribution in [0, 0.1) is 0 Å². The molecule has 4 heterocycles. The number of amides is 1. The van der Waals surface area contributed by atoms with Gasteiger partial charge in [-0.05, 0) is 0 Å². The third-order valence-corrected chi connectivity index (χ3v) is 4.87. The zero-order chi connectivity index (χ0) is 16.0. The third kappa shape index (κ3) is 2.24. The number of carboxylic acids is 1. The Bertz CT molecular complexity index is 783. The summed E-state index contributed by atoms with van der Waals surface area (Å²) in [6.07, 6.45) is 1.70. The van der Waals surface area contributed by atoms with Gasteiger partial charge in [-0.25, -0.2) is 9.78 Å². The van der Waals surface area contributed by atoms with Crippen molar-refractivity contribution in [1.29, 1.82) is 0 Å². The van der Waals surface area contributed by atoms with Crippen LogP contribution < -0.4 is 9.47 Å². The molecule has 0 aliphatic carbocycles. The molecule has 9 heteroatoms.